The van der Waals surface area contributed by atoms with Crippen LogP contribution in [0.5, 0.6) is 0 Å². The van der Waals surface area contributed by atoms with Crippen molar-refractivity contribution in [3.8, 4) is 0 Å². The predicted octanol–water partition coefficient (Wildman–Crippen LogP) is 4.01. The van der Waals surface area contributed by atoms with Crippen molar-refractivity contribution in [1.82, 2.24) is 9.88 Å². The Balaban J connectivity index is 1.60. The predicted molar refractivity (Wildman–Crippen MR) is 90.5 cm³/mol. The highest BCUT2D eigenvalue weighted by molar-refractivity contribution is 7.10. The molecule has 0 atom stereocenters. The largest absolute Gasteiger partial charge is 0.358 e. The lowest BCUT2D eigenvalue weighted by Gasteiger charge is -2.27. The van der Waals surface area contributed by atoms with Gasteiger partial charge in [-0.3, -0.25) is 4.79 Å². The van der Waals surface area contributed by atoms with Crippen LogP contribution in [0.4, 0.5) is 0 Å². The quantitative estimate of drug-likeness (QED) is 0.757. The third-order valence-electron chi connectivity index (χ3n) is 4.20. The van der Waals surface area contributed by atoms with Crippen LogP contribution < -0.4 is 0 Å². The summed E-state index contributed by atoms with van der Waals surface area (Å²) in [7, 11) is 0. The van der Waals surface area contributed by atoms with E-state index in [9.17, 15) is 4.79 Å². The minimum absolute atomic E-state index is 0.205. The second kappa shape index (κ2) is 5.45. The second-order valence-corrected chi connectivity index (χ2v) is 7.06. The zero-order chi connectivity index (χ0) is 15.1. The van der Waals surface area contributed by atoms with Gasteiger partial charge in [0.1, 0.15) is 0 Å². The highest BCUT2D eigenvalue weighted by Gasteiger charge is 2.24. The van der Waals surface area contributed by atoms with Crippen molar-refractivity contribution in [1.29, 1.82) is 0 Å². The number of benzene rings is 1. The van der Waals surface area contributed by atoms with Crippen molar-refractivity contribution in [3.63, 3.8) is 0 Å². The van der Waals surface area contributed by atoms with Gasteiger partial charge in [0.15, 0.2) is 0 Å². The van der Waals surface area contributed by atoms with Gasteiger partial charge in [-0.1, -0.05) is 23.7 Å². The molecule has 1 aliphatic heterocycles. The van der Waals surface area contributed by atoms with E-state index in [1.165, 1.54) is 16.6 Å². The lowest BCUT2D eigenvalue weighted by Crippen LogP contribution is -2.36. The summed E-state index contributed by atoms with van der Waals surface area (Å²) >= 11 is 7.70. The highest BCUT2D eigenvalue weighted by Crippen LogP contribution is 2.29. The van der Waals surface area contributed by atoms with Gasteiger partial charge < -0.3 is 9.88 Å². The first-order chi connectivity index (χ1) is 10.7. The Bertz CT molecular complexity index is 838. The zero-order valence-corrected chi connectivity index (χ0v) is 13.5. The molecule has 1 N–H and O–H groups in total. The molecular weight excluding hydrogens is 316 g/mol. The lowest BCUT2D eigenvalue weighted by atomic mass is 10.0. The number of aromatic amines is 1. The van der Waals surface area contributed by atoms with E-state index in [0.29, 0.717) is 13.0 Å². The Labute approximate surface area is 137 Å². The Morgan fingerprint density at radius 3 is 3.09 bits per heavy atom. The van der Waals surface area contributed by atoms with Gasteiger partial charge >= 0.3 is 0 Å². The number of aromatic nitrogens is 1. The molecule has 112 valence electrons. The molecule has 1 amide bonds. The smallest absolute Gasteiger partial charge is 0.228 e. The van der Waals surface area contributed by atoms with Gasteiger partial charge in [0.05, 0.1) is 6.42 Å². The summed E-state index contributed by atoms with van der Waals surface area (Å²) in [5, 5.41) is 3.92. The van der Waals surface area contributed by atoms with Crippen molar-refractivity contribution in [2.75, 3.05) is 6.54 Å². The Hall–Kier alpha value is -1.78. The molecule has 1 aliphatic rings. The van der Waals surface area contributed by atoms with E-state index in [4.69, 9.17) is 11.6 Å². The summed E-state index contributed by atoms with van der Waals surface area (Å²) in [6.07, 6.45) is 1.37. The fraction of sp³-hybridized carbons (Fsp3) is 0.235. The fourth-order valence-electron chi connectivity index (χ4n) is 3.08. The molecule has 0 radical (unpaired) electrons. The molecule has 0 bridgehead atoms. The topological polar surface area (TPSA) is 36.1 Å². The number of thiophene rings is 1. The molecule has 0 unspecified atom stereocenters. The van der Waals surface area contributed by atoms with Crippen molar-refractivity contribution in [3.05, 3.63) is 56.9 Å². The van der Waals surface area contributed by atoms with Crippen LogP contribution in [0.25, 0.3) is 10.9 Å². The van der Waals surface area contributed by atoms with Crippen molar-refractivity contribution >= 4 is 39.7 Å². The Morgan fingerprint density at radius 1 is 1.36 bits per heavy atom. The lowest BCUT2D eigenvalue weighted by molar-refractivity contribution is -0.131. The molecule has 3 heterocycles. The first-order valence-electron chi connectivity index (χ1n) is 7.30. The van der Waals surface area contributed by atoms with Crippen LogP contribution in [0, 0.1) is 0 Å². The van der Waals surface area contributed by atoms with Crippen LogP contribution in [-0.4, -0.2) is 22.3 Å². The maximum Gasteiger partial charge on any atom is 0.228 e. The molecule has 22 heavy (non-hydrogen) atoms. The van der Waals surface area contributed by atoms with Gasteiger partial charge in [-0.05, 0) is 23.6 Å². The van der Waals surface area contributed by atoms with Crippen LogP contribution in [0.15, 0.2) is 35.7 Å². The summed E-state index contributed by atoms with van der Waals surface area (Å²) in [4.78, 5) is 19.0. The first kappa shape index (κ1) is 13.9. The van der Waals surface area contributed by atoms with Crippen molar-refractivity contribution < 1.29 is 4.79 Å². The molecule has 4 rings (SSSR count). The van der Waals surface area contributed by atoms with E-state index >= 15 is 0 Å². The maximum atomic E-state index is 12.5. The SMILES string of the molecule is O=C(Cc1cccs1)N1CCc2[nH]c3cc(Cl)ccc3c2C1. The molecule has 0 aliphatic carbocycles. The minimum Gasteiger partial charge on any atom is -0.358 e. The number of nitrogens with zero attached hydrogens (tertiary/aromatic N) is 1. The maximum absolute atomic E-state index is 12.5. The van der Waals surface area contributed by atoms with Crippen LogP contribution >= 0.6 is 22.9 Å². The second-order valence-electron chi connectivity index (χ2n) is 5.59. The van der Waals surface area contributed by atoms with E-state index in [1.54, 1.807) is 11.3 Å². The van der Waals surface area contributed by atoms with Gasteiger partial charge in [-0.15, -0.1) is 11.3 Å². The average Bonchev–Trinajstić information content (AvgIpc) is 3.12. The van der Waals surface area contributed by atoms with Crippen molar-refractivity contribution in [2.24, 2.45) is 0 Å². The van der Waals surface area contributed by atoms with Gasteiger partial charge in [0, 0.05) is 51.6 Å². The normalized spacial score (nSPS) is 14.3. The first-order valence-corrected chi connectivity index (χ1v) is 8.55. The molecular formula is C17H15ClN2OS. The minimum atomic E-state index is 0.205. The summed E-state index contributed by atoms with van der Waals surface area (Å²) in [6.45, 7) is 1.46. The third-order valence-corrected chi connectivity index (χ3v) is 5.31. The number of carbonyl (C=O) groups excluding carboxylic acids is 1. The number of halogens is 1. The summed E-state index contributed by atoms with van der Waals surface area (Å²) in [6, 6.07) is 9.91. The van der Waals surface area contributed by atoms with Crippen LogP contribution in [0.2, 0.25) is 5.02 Å². The Kier molecular flexibility index (Phi) is 3.43. The van der Waals surface area contributed by atoms with Gasteiger partial charge in [-0.2, -0.15) is 0 Å². The number of fused-ring (bicyclic) bond motifs is 3. The molecule has 3 aromatic rings. The number of nitrogens with one attached hydrogen (secondary N) is 1. The monoisotopic (exact) mass is 330 g/mol. The molecule has 5 heteroatoms. The van der Waals surface area contributed by atoms with Gasteiger partial charge in [0.2, 0.25) is 5.91 Å². The van der Waals surface area contributed by atoms with E-state index in [2.05, 4.69) is 4.98 Å². The van der Waals surface area contributed by atoms with Crippen LogP contribution in [-0.2, 0) is 24.2 Å². The molecule has 1 aromatic carbocycles. The van der Waals surface area contributed by atoms with E-state index in [0.717, 1.165) is 28.4 Å². The average molecular weight is 331 g/mol. The molecule has 2 aromatic heterocycles. The highest BCUT2D eigenvalue weighted by atomic mass is 35.5. The number of rotatable bonds is 2. The van der Waals surface area contributed by atoms with Crippen molar-refractivity contribution in [2.45, 2.75) is 19.4 Å². The van der Waals surface area contributed by atoms with E-state index < -0.39 is 0 Å². The molecule has 0 spiro atoms. The van der Waals surface area contributed by atoms with Gasteiger partial charge in [0.25, 0.3) is 0 Å². The number of hydrogen-bond acceptors (Lipinski definition) is 2. The molecule has 0 fully saturated rings. The summed E-state index contributed by atoms with van der Waals surface area (Å²) in [5.41, 5.74) is 3.53. The molecule has 0 saturated carbocycles. The van der Waals surface area contributed by atoms with E-state index in [-0.39, 0.29) is 5.91 Å². The summed E-state index contributed by atoms with van der Waals surface area (Å²) < 4.78 is 0. The fourth-order valence-corrected chi connectivity index (χ4v) is 3.95. The molecule has 3 nitrogen and oxygen atoms in total. The Morgan fingerprint density at radius 2 is 2.27 bits per heavy atom. The number of hydrogen-bond donors (Lipinski definition) is 1. The van der Waals surface area contributed by atoms with Gasteiger partial charge in [-0.25, -0.2) is 0 Å². The number of H-pyrrole nitrogens is 1. The number of amides is 1. The molecule has 0 saturated heterocycles. The van der Waals surface area contributed by atoms with Crippen LogP contribution in [0.1, 0.15) is 16.1 Å². The number of carbonyl (C=O) groups is 1. The third kappa shape index (κ3) is 2.42. The standard InChI is InChI=1S/C17H15ClN2OS/c18-11-3-4-13-14-10-20(6-5-15(14)19-16(13)8-11)17(21)9-12-2-1-7-22-12/h1-4,7-8,19H,5-6,9-10H2. The zero-order valence-electron chi connectivity index (χ0n) is 11.9. The van der Waals surface area contributed by atoms with Crippen LogP contribution in [0.3, 0.4) is 0 Å². The van der Waals surface area contributed by atoms with E-state index in [1.807, 2.05) is 40.6 Å². The summed E-state index contributed by atoms with van der Waals surface area (Å²) in [5.74, 6) is 0.205.